The molecule has 0 radical (unpaired) electrons. The molecule has 0 unspecified atom stereocenters. The minimum absolute atomic E-state index is 0.0237. The Morgan fingerprint density at radius 2 is 1.88 bits per heavy atom. The van der Waals surface area contributed by atoms with E-state index in [1.165, 1.54) is 0 Å². The van der Waals surface area contributed by atoms with E-state index < -0.39 is 0 Å². The molecule has 2 aromatic carbocycles. The predicted octanol–water partition coefficient (Wildman–Crippen LogP) is 4.39. The molecule has 1 atom stereocenters. The maximum Gasteiger partial charge on any atom is 0.221 e. The highest BCUT2D eigenvalue weighted by molar-refractivity contribution is 6.31. The van der Waals surface area contributed by atoms with E-state index in [-0.39, 0.29) is 11.8 Å². The molecule has 1 aromatic heterocycles. The van der Waals surface area contributed by atoms with Crippen molar-refractivity contribution >= 4 is 17.5 Å². The second-order valence-electron chi connectivity index (χ2n) is 6.10. The Morgan fingerprint density at radius 1 is 1.15 bits per heavy atom. The minimum atomic E-state index is -0.0872. The van der Waals surface area contributed by atoms with Crippen molar-refractivity contribution in [3.05, 3.63) is 89.0 Å². The number of nitrogens with one attached hydrogen (secondary N) is 1. The summed E-state index contributed by atoms with van der Waals surface area (Å²) in [6, 6.07) is 17.7. The summed E-state index contributed by atoms with van der Waals surface area (Å²) in [7, 11) is 0. The standard InChI is InChI=1S/C21H22ClN3O/c1-2-25-13-12-23-20(25)15-24-21(26)14-18(16-8-4-3-5-9-16)17-10-6-7-11-19(17)22/h3-13,18H,2,14-15H2,1H3,(H,24,26)/t18-/m1/s1. The van der Waals surface area contributed by atoms with Crippen molar-refractivity contribution in [2.75, 3.05) is 0 Å². The van der Waals surface area contributed by atoms with Gasteiger partial charge in [-0.3, -0.25) is 4.79 Å². The largest absolute Gasteiger partial charge is 0.349 e. The van der Waals surface area contributed by atoms with Crippen LogP contribution in [-0.2, 0) is 17.9 Å². The van der Waals surface area contributed by atoms with Gasteiger partial charge in [0.2, 0.25) is 5.91 Å². The zero-order valence-electron chi connectivity index (χ0n) is 14.7. The van der Waals surface area contributed by atoms with Crippen molar-refractivity contribution in [1.29, 1.82) is 0 Å². The van der Waals surface area contributed by atoms with Gasteiger partial charge in [-0.05, 0) is 24.1 Å². The number of imidazole rings is 1. The van der Waals surface area contributed by atoms with Crippen molar-refractivity contribution in [3.63, 3.8) is 0 Å². The van der Waals surface area contributed by atoms with Crippen LogP contribution in [0.3, 0.4) is 0 Å². The zero-order chi connectivity index (χ0) is 18.4. The number of benzene rings is 2. The van der Waals surface area contributed by atoms with Gasteiger partial charge in [0.25, 0.3) is 0 Å². The van der Waals surface area contributed by atoms with Crippen LogP contribution in [0.5, 0.6) is 0 Å². The molecule has 1 N–H and O–H groups in total. The van der Waals surface area contributed by atoms with Crippen molar-refractivity contribution in [2.24, 2.45) is 0 Å². The van der Waals surface area contributed by atoms with Crippen LogP contribution < -0.4 is 5.32 Å². The summed E-state index contributed by atoms with van der Waals surface area (Å²) in [6.45, 7) is 3.30. The van der Waals surface area contributed by atoms with Crippen molar-refractivity contribution < 1.29 is 4.79 Å². The van der Waals surface area contributed by atoms with Crippen LogP contribution in [0.2, 0.25) is 5.02 Å². The fourth-order valence-electron chi connectivity index (χ4n) is 3.08. The number of carbonyl (C=O) groups is 1. The Bertz CT molecular complexity index is 860. The van der Waals surface area contributed by atoms with E-state index in [0.717, 1.165) is 23.5 Å². The molecule has 0 spiro atoms. The number of rotatable bonds is 7. The Morgan fingerprint density at radius 3 is 2.62 bits per heavy atom. The molecule has 0 saturated heterocycles. The van der Waals surface area contributed by atoms with Gasteiger partial charge in [0, 0.05) is 36.3 Å². The smallest absolute Gasteiger partial charge is 0.221 e. The maximum absolute atomic E-state index is 12.6. The normalized spacial score (nSPS) is 11.9. The fraction of sp³-hybridized carbons (Fsp3) is 0.238. The van der Waals surface area contributed by atoms with E-state index in [1.54, 1.807) is 6.20 Å². The van der Waals surface area contributed by atoms with Gasteiger partial charge in [-0.25, -0.2) is 4.98 Å². The van der Waals surface area contributed by atoms with E-state index in [9.17, 15) is 4.79 Å². The molecule has 1 amide bonds. The molecule has 3 aromatic rings. The molecule has 0 fully saturated rings. The summed E-state index contributed by atoms with van der Waals surface area (Å²) in [6.07, 6.45) is 4.00. The average Bonchev–Trinajstić information content (AvgIpc) is 3.13. The molecule has 0 aliphatic carbocycles. The molecule has 4 nitrogen and oxygen atoms in total. The number of hydrogen-bond acceptors (Lipinski definition) is 2. The number of aryl methyl sites for hydroxylation is 1. The lowest BCUT2D eigenvalue weighted by molar-refractivity contribution is -0.121. The SMILES string of the molecule is CCn1ccnc1CNC(=O)C[C@H](c1ccccc1)c1ccccc1Cl. The van der Waals surface area contributed by atoms with Gasteiger partial charge in [-0.15, -0.1) is 0 Å². The summed E-state index contributed by atoms with van der Waals surface area (Å²) in [4.78, 5) is 16.9. The monoisotopic (exact) mass is 367 g/mol. The molecule has 134 valence electrons. The van der Waals surface area contributed by atoms with Crippen LogP contribution in [0.25, 0.3) is 0 Å². The van der Waals surface area contributed by atoms with Gasteiger partial charge in [0.15, 0.2) is 0 Å². The van der Waals surface area contributed by atoms with E-state index in [4.69, 9.17) is 11.6 Å². The number of aromatic nitrogens is 2. The first-order valence-corrected chi connectivity index (χ1v) is 9.13. The molecule has 0 bridgehead atoms. The summed E-state index contributed by atoms with van der Waals surface area (Å²) < 4.78 is 2.02. The topological polar surface area (TPSA) is 46.9 Å². The molecule has 3 rings (SSSR count). The number of amides is 1. The van der Waals surface area contributed by atoms with Crippen LogP contribution >= 0.6 is 11.6 Å². The van der Waals surface area contributed by atoms with Gasteiger partial charge >= 0.3 is 0 Å². The van der Waals surface area contributed by atoms with Gasteiger partial charge < -0.3 is 9.88 Å². The van der Waals surface area contributed by atoms with Crippen LogP contribution in [0.15, 0.2) is 67.0 Å². The minimum Gasteiger partial charge on any atom is -0.349 e. The maximum atomic E-state index is 12.6. The molecule has 0 saturated carbocycles. The second-order valence-corrected chi connectivity index (χ2v) is 6.50. The first kappa shape index (κ1) is 18.2. The number of halogens is 1. The number of nitrogens with zero attached hydrogens (tertiary/aromatic N) is 2. The van der Waals surface area contributed by atoms with E-state index in [1.807, 2.05) is 65.4 Å². The molecule has 5 heteroatoms. The van der Waals surface area contributed by atoms with Crippen molar-refractivity contribution in [2.45, 2.75) is 32.4 Å². The Balaban J connectivity index is 1.76. The Labute approximate surface area is 158 Å². The van der Waals surface area contributed by atoms with Crippen molar-refractivity contribution in [3.8, 4) is 0 Å². The van der Waals surface area contributed by atoms with E-state index in [0.29, 0.717) is 18.0 Å². The van der Waals surface area contributed by atoms with Crippen LogP contribution in [0.1, 0.15) is 36.2 Å². The zero-order valence-corrected chi connectivity index (χ0v) is 15.5. The van der Waals surface area contributed by atoms with Crippen LogP contribution in [0, 0.1) is 0 Å². The molecular formula is C21H22ClN3O. The Kier molecular flexibility index (Phi) is 6.08. The number of hydrogen-bond donors (Lipinski definition) is 1. The summed E-state index contributed by atoms with van der Waals surface area (Å²) >= 11 is 6.41. The molecule has 1 heterocycles. The molecule has 0 aliphatic heterocycles. The lowest BCUT2D eigenvalue weighted by Crippen LogP contribution is -2.26. The van der Waals surface area contributed by atoms with E-state index >= 15 is 0 Å². The molecular weight excluding hydrogens is 346 g/mol. The van der Waals surface area contributed by atoms with Crippen LogP contribution in [0.4, 0.5) is 0 Å². The quantitative estimate of drug-likeness (QED) is 0.673. The first-order chi connectivity index (χ1) is 12.7. The first-order valence-electron chi connectivity index (χ1n) is 8.75. The molecule has 26 heavy (non-hydrogen) atoms. The van der Waals surface area contributed by atoms with Gasteiger partial charge in [0.05, 0.1) is 6.54 Å². The second kappa shape index (κ2) is 8.68. The number of carbonyl (C=O) groups excluding carboxylic acids is 1. The third kappa shape index (κ3) is 4.33. The third-order valence-corrected chi connectivity index (χ3v) is 4.80. The summed E-state index contributed by atoms with van der Waals surface area (Å²) in [5, 5.41) is 3.66. The average molecular weight is 368 g/mol. The fourth-order valence-corrected chi connectivity index (χ4v) is 3.35. The lowest BCUT2D eigenvalue weighted by atomic mass is 9.88. The van der Waals surface area contributed by atoms with Crippen LogP contribution in [-0.4, -0.2) is 15.5 Å². The summed E-state index contributed by atoms with van der Waals surface area (Å²) in [5.41, 5.74) is 2.04. The molecule has 0 aliphatic rings. The van der Waals surface area contributed by atoms with Gasteiger partial charge in [0.1, 0.15) is 5.82 Å². The third-order valence-electron chi connectivity index (χ3n) is 4.46. The van der Waals surface area contributed by atoms with E-state index in [2.05, 4.69) is 17.2 Å². The van der Waals surface area contributed by atoms with Gasteiger partial charge in [-0.1, -0.05) is 60.1 Å². The van der Waals surface area contributed by atoms with Crippen molar-refractivity contribution in [1.82, 2.24) is 14.9 Å². The lowest BCUT2D eigenvalue weighted by Gasteiger charge is -2.19. The highest BCUT2D eigenvalue weighted by Gasteiger charge is 2.20. The highest BCUT2D eigenvalue weighted by atomic mass is 35.5. The highest BCUT2D eigenvalue weighted by Crippen LogP contribution is 2.32. The summed E-state index contributed by atoms with van der Waals surface area (Å²) in [5.74, 6) is 0.745. The Hall–Kier alpha value is -2.59. The van der Waals surface area contributed by atoms with Gasteiger partial charge in [-0.2, -0.15) is 0 Å². The predicted molar refractivity (Wildman–Crippen MR) is 104 cm³/mol.